The van der Waals surface area contributed by atoms with Gasteiger partial charge >= 0.3 is 0 Å². The van der Waals surface area contributed by atoms with E-state index in [-0.39, 0.29) is 12.1 Å². The Morgan fingerprint density at radius 3 is 2.50 bits per heavy atom. The van der Waals surface area contributed by atoms with Crippen LogP contribution in [-0.2, 0) is 16.1 Å². The van der Waals surface area contributed by atoms with Crippen LogP contribution in [0.2, 0.25) is 0 Å². The van der Waals surface area contributed by atoms with Crippen molar-refractivity contribution in [3.05, 3.63) is 71.9 Å². The van der Waals surface area contributed by atoms with Gasteiger partial charge in [0.2, 0.25) is 5.91 Å². The van der Waals surface area contributed by atoms with Gasteiger partial charge in [0.15, 0.2) is 0 Å². The van der Waals surface area contributed by atoms with Crippen LogP contribution in [0.25, 0.3) is 17.0 Å². The summed E-state index contributed by atoms with van der Waals surface area (Å²) in [4.78, 5) is 23.7. The molecule has 128 valence electrons. The minimum Gasteiger partial charge on any atom is -0.368 e. The fourth-order valence-electron chi connectivity index (χ4n) is 2.71. The molecule has 26 heavy (non-hydrogen) atoms. The molecular weight excluding hydrogens is 328 g/mol. The van der Waals surface area contributed by atoms with E-state index in [0.717, 1.165) is 10.9 Å². The zero-order valence-electron chi connectivity index (χ0n) is 13.8. The number of benzene rings is 2. The lowest BCUT2D eigenvalue weighted by Crippen LogP contribution is -2.17. The van der Waals surface area contributed by atoms with E-state index in [4.69, 9.17) is 5.73 Å². The molecule has 0 saturated heterocycles. The van der Waals surface area contributed by atoms with Crippen LogP contribution in [0, 0.1) is 11.3 Å². The molecule has 3 aromatic rings. The zero-order chi connectivity index (χ0) is 18.5. The van der Waals surface area contributed by atoms with Crippen LogP contribution < -0.4 is 11.1 Å². The first-order valence-corrected chi connectivity index (χ1v) is 7.93. The summed E-state index contributed by atoms with van der Waals surface area (Å²) in [5.41, 5.74) is 7.34. The van der Waals surface area contributed by atoms with E-state index in [9.17, 15) is 14.9 Å². The molecule has 0 unspecified atom stereocenters. The van der Waals surface area contributed by atoms with Gasteiger partial charge in [0, 0.05) is 28.4 Å². The van der Waals surface area contributed by atoms with E-state index in [1.54, 1.807) is 35.0 Å². The van der Waals surface area contributed by atoms with Gasteiger partial charge in [-0.1, -0.05) is 36.4 Å². The molecule has 3 N–H and O–H groups in total. The highest BCUT2D eigenvalue weighted by Crippen LogP contribution is 2.24. The zero-order valence-corrected chi connectivity index (χ0v) is 13.8. The Labute approximate surface area is 150 Å². The molecule has 2 aromatic carbocycles. The molecule has 0 bridgehead atoms. The summed E-state index contributed by atoms with van der Waals surface area (Å²) in [6, 6.07) is 18.3. The highest BCUT2D eigenvalue weighted by Gasteiger charge is 2.13. The molecule has 0 aliphatic carbocycles. The van der Waals surface area contributed by atoms with Gasteiger partial charge in [-0.3, -0.25) is 9.59 Å². The summed E-state index contributed by atoms with van der Waals surface area (Å²) >= 11 is 0. The Morgan fingerprint density at radius 1 is 1.12 bits per heavy atom. The van der Waals surface area contributed by atoms with Crippen LogP contribution in [0.4, 0.5) is 5.69 Å². The SMILES string of the molecule is N#CC(=Cc1cn(CC(N)=O)c2ccccc12)C(=O)Nc1ccccc1. The number of anilines is 1. The van der Waals surface area contributed by atoms with Crippen molar-refractivity contribution in [1.82, 2.24) is 4.57 Å². The highest BCUT2D eigenvalue weighted by molar-refractivity contribution is 6.10. The molecule has 0 aliphatic heterocycles. The fraction of sp³-hybridized carbons (Fsp3) is 0.0500. The molecule has 6 nitrogen and oxygen atoms in total. The fourth-order valence-corrected chi connectivity index (χ4v) is 2.71. The van der Waals surface area contributed by atoms with Crippen LogP contribution in [0.3, 0.4) is 0 Å². The number of hydrogen-bond donors (Lipinski definition) is 2. The first-order valence-electron chi connectivity index (χ1n) is 7.93. The number of hydrogen-bond acceptors (Lipinski definition) is 3. The van der Waals surface area contributed by atoms with E-state index < -0.39 is 11.8 Å². The number of primary amides is 1. The van der Waals surface area contributed by atoms with Crippen molar-refractivity contribution in [2.24, 2.45) is 5.73 Å². The molecule has 0 radical (unpaired) electrons. The standard InChI is InChI=1S/C20H16N4O2/c21-11-14(20(26)23-16-6-2-1-3-7-16)10-15-12-24(13-19(22)25)18-9-5-4-8-17(15)18/h1-10,12H,13H2,(H2,22,25)(H,23,26). The Balaban J connectivity index is 1.98. The lowest BCUT2D eigenvalue weighted by Gasteiger charge is -2.03. The number of rotatable bonds is 5. The number of aromatic nitrogens is 1. The van der Waals surface area contributed by atoms with Gasteiger partial charge in [-0.25, -0.2) is 0 Å². The van der Waals surface area contributed by atoms with E-state index in [2.05, 4.69) is 5.32 Å². The van der Waals surface area contributed by atoms with Crippen molar-refractivity contribution in [2.75, 3.05) is 5.32 Å². The van der Waals surface area contributed by atoms with Gasteiger partial charge in [0.1, 0.15) is 18.2 Å². The predicted octanol–water partition coefficient (Wildman–Crippen LogP) is 2.67. The predicted molar refractivity (Wildman–Crippen MR) is 99.8 cm³/mol. The Kier molecular flexibility index (Phi) is 4.81. The number of fused-ring (bicyclic) bond motifs is 1. The molecule has 0 saturated carbocycles. The summed E-state index contributed by atoms with van der Waals surface area (Å²) in [6.07, 6.45) is 3.22. The first kappa shape index (κ1) is 17.0. The number of nitrogens with zero attached hydrogens (tertiary/aromatic N) is 2. The third-order valence-corrected chi connectivity index (χ3v) is 3.84. The second-order valence-corrected chi connectivity index (χ2v) is 5.69. The van der Waals surface area contributed by atoms with Crippen molar-refractivity contribution in [3.63, 3.8) is 0 Å². The van der Waals surface area contributed by atoms with Crippen LogP contribution in [0.1, 0.15) is 5.56 Å². The average molecular weight is 344 g/mol. The maximum absolute atomic E-state index is 12.4. The number of nitrogens with two attached hydrogens (primary N) is 1. The lowest BCUT2D eigenvalue weighted by atomic mass is 10.1. The number of carbonyl (C=O) groups excluding carboxylic acids is 2. The third-order valence-electron chi connectivity index (χ3n) is 3.84. The largest absolute Gasteiger partial charge is 0.368 e. The molecule has 3 rings (SSSR count). The first-order chi connectivity index (χ1) is 12.6. The van der Waals surface area contributed by atoms with E-state index >= 15 is 0 Å². The van der Waals surface area contributed by atoms with E-state index in [0.29, 0.717) is 11.3 Å². The van der Waals surface area contributed by atoms with Crippen LogP contribution in [0.15, 0.2) is 66.4 Å². The Hall–Kier alpha value is -3.85. The summed E-state index contributed by atoms with van der Waals surface area (Å²) in [7, 11) is 0. The number of nitriles is 1. The minimum atomic E-state index is -0.495. The summed E-state index contributed by atoms with van der Waals surface area (Å²) in [5, 5.41) is 12.9. The van der Waals surface area contributed by atoms with Crippen LogP contribution >= 0.6 is 0 Å². The van der Waals surface area contributed by atoms with Crippen LogP contribution in [0.5, 0.6) is 0 Å². The quantitative estimate of drug-likeness (QED) is 0.549. The topological polar surface area (TPSA) is 101 Å². The third kappa shape index (κ3) is 3.62. The van der Waals surface area contributed by atoms with Gasteiger partial charge in [-0.15, -0.1) is 0 Å². The summed E-state index contributed by atoms with van der Waals surface area (Å²) in [5.74, 6) is -0.964. The molecule has 0 fully saturated rings. The van der Waals surface area contributed by atoms with Crippen molar-refractivity contribution in [3.8, 4) is 6.07 Å². The highest BCUT2D eigenvalue weighted by atomic mass is 16.2. The lowest BCUT2D eigenvalue weighted by molar-refractivity contribution is -0.118. The maximum Gasteiger partial charge on any atom is 0.266 e. The smallest absolute Gasteiger partial charge is 0.266 e. The van der Waals surface area contributed by atoms with Gasteiger partial charge < -0.3 is 15.6 Å². The van der Waals surface area contributed by atoms with Crippen molar-refractivity contribution in [2.45, 2.75) is 6.54 Å². The van der Waals surface area contributed by atoms with Gasteiger partial charge in [-0.05, 0) is 24.3 Å². The molecule has 0 atom stereocenters. The second-order valence-electron chi connectivity index (χ2n) is 5.69. The summed E-state index contributed by atoms with van der Waals surface area (Å²) in [6.45, 7) is 0.0203. The van der Waals surface area contributed by atoms with E-state index in [1.165, 1.54) is 6.08 Å². The molecule has 2 amide bonds. The van der Waals surface area contributed by atoms with Gasteiger partial charge in [-0.2, -0.15) is 5.26 Å². The average Bonchev–Trinajstić information content (AvgIpc) is 2.97. The molecule has 6 heteroatoms. The number of para-hydroxylation sites is 2. The molecule has 1 heterocycles. The molecule has 0 aliphatic rings. The summed E-state index contributed by atoms with van der Waals surface area (Å²) < 4.78 is 1.70. The molecular formula is C20H16N4O2. The Bertz CT molecular complexity index is 1040. The van der Waals surface area contributed by atoms with E-state index in [1.807, 2.05) is 36.4 Å². The van der Waals surface area contributed by atoms with Crippen molar-refractivity contribution < 1.29 is 9.59 Å². The second kappa shape index (κ2) is 7.36. The number of amides is 2. The molecule has 0 spiro atoms. The molecule has 1 aromatic heterocycles. The minimum absolute atomic E-state index is 0.0203. The number of carbonyl (C=O) groups is 2. The van der Waals surface area contributed by atoms with Crippen molar-refractivity contribution in [1.29, 1.82) is 5.26 Å². The van der Waals surface area contributed by atoms with Crippen molar-refractivity contribution >= 4 is 34.5 Å². The normalized spacial score (nSPS) is 11.1. The Morgan fingerprint density at radius 2 is 1.81 bits per heavy atom. The monoisotopic (exact) mass is 344 g/mol. The number of nitrogens with one attached hydrogen (secondary N) is 1. The van der Waals surface area contributed by atoms with Gasteiger partial charge in [0.25, 0.3) is 5.91 Å². The van der Waals surface area contributed by atoms with Gasteiger partial charge in [0.05, 0.1) is 0 Å². The maximum atomic E-state index is 12.4. The van der Waals surface area contributed by atoms with Crippen LogP contribution in [-0.4, -0.2) is 16.4 Å².